The Labute approximate surface area is 169 Å². The van der Waals surface area contributed by atoms with E-state index in [2.05, 4.69) is 70.9 Å². The van der Waals surface area contributed by atoms with Crippen LogP contribution in [-0.2, 0) is 4.79 Å². The number of rotatable bonds is 8. The van der Waals surface area contributed by atoms with Crippen LogP contribution in [0.15, 0.2) is 60.7 Å². The van der Waals surface area contributed by atoms with E-state index >= 15 is 0 Å². The Morgan fingerprint density at radius 3 is 2.21 bits per heavy atom. The van der Waals surface area contributed by atoms with Gasteiger partial charge in [0, 0.05) is 31.5 Å². The summed E-state index contributed by atoms with van der Waals surface area (Å²) in [5.41, 5.74) is 2.78. The van der Waals surface area contributed by atoms with E-state index < -0.39 is 0 Å². The average Bonchev–Trinajstić information content (AvgIpc) is 3.56. The van der Waals surface area contributed by atoms with E-state index in [4.69, 9.17) is 0 Å². The molecule has 4 rings (SSSR count). The fourth-order valence-electron chi connectivity index (χ4n) is 4.45. The molecule has 1 aliphatic heterocycles. The molecule has 2 aromatic rings. The molecule has 0 spiro atoms. The Bertz CT molecular complexity index is 702. The van der Waals surface area contributed by atoms with Gasteiger partial charge in [-0.25, -0.2) is 0 Å². The first-order chi connectivity index (χ1) is 13.8. The molecular weight excluding hydrogens is 344 g/mol. The van der Waals surface area contributed by atoms with E-state index in [0.29, 0.717) is 24.3 Å². The van der Waals surface area contributed by atoms with Gasteiger partial charge in [-0.3, -0.25) is 4.79 Å². The van der Waals surface area contributed by atoms with Crippen LogP contribution in [0, 0.1) is 5.92 Å². The van der Waals surface area contributed by atoms with Crippen molar-refractivity contribution in [1.29, 1.82) is 0 Å². The zero-order valence-electron chi connectivity index (χ0n) is 16.7. The lowest BCUT2D eigenvalue weighted by Crippen LogP contribution is -2.38. The van der Waals surface area contributed by atoms with Crippen molar-refractivity contribution in [3.05, 3.63) is 71.8 Å². The van der Waals surface area contributed by atoms with Crippen molar-refractivity contribution in [2.75, 3.05) is 19.6 Å². The zero-order valence-corrected chi connectivity index (χ0v) is 16.7. The smallest absolute Gasteiger partial charge is 0.220 e. The first-order valence-electron chi connectivity index (χ1n) is 10.9. The minimum atomic E-state index is 0.256. The van der Waals surface area contributed by atoms with Crippen LogP contribution in [0.3, 0.4) is 0 Å². The summed E-state index contributed by atoms with van der Waals surface area (Å²) in [6.07, 6.45) is 6.55. The number of amides is 1. The molecule has 1 unspecified atom stereocenters. The van der Waals surface area contributed by atoms with E-state index in [0.717, 1.165) is 19.5 Å². The quantitative estimate of drug-likeness (QED) is 0.731. The summed E-state index contributed by atoms with van der Waals surface area (Å²) < 4.78 is 0. The Morgan fingerprint density at radius 2 is 1.61 bits per heavy atom. The predicted molar refractivity (Wildman–Crippen MR) is 114 cm³/mol. The lowest BCUT2D eigenvalue weighted by atomic mass is 9.88. The third kappa shape index (κ3) is 5.45. The van der Waals surface area contributed by atoms with Gasteiger partial charge >= 0.3 is 0 Å². The topological polar surface area (TPSA) is 32.3 Å². The summed E-state index contributed by atoms with van der Waals surface area (Å²) in [7, 11) is 0. The summed E-state index contributed by atoms with van der Waals surface area (Å²) >= 11 is 0. The fourth-order valence-corrected chi connectivity index (χ4v) is 4.45. The lowest BCUT2D eigenvalue weighted by Gasteiger charge is -2.35. The van der Waals surface area contributed by atoms with Gasteiger partial charge in [0.25, 0.3) is 0 Å². The summed E-state index contributed by atoms with van der Waals surface area (Å²) in [6, 6.07) is 22.2. The van der Waals surface area contributed by atoms with Gasteiger partial charge in [-0.05, 0) is 55.7 Å². The molecule has 0 radical (unpaired) electrons. The standard InChI is InChI=1S/C25H32N2O/c28-25(26-23-14-15-23)16-13-20-8-7-17-27(18-20)19-24(21-9-3-1-4-10-21)22-11-5-2-6-12-22/h1-6,9-12,20,23-24H,7-8,13-19H2,(H,26,28). The number of nitrogens with zero attached hydrogens (tertiary/aromatic N) is 1. The molecule has 2 aromatic carbocycles. The molecule has 1 saturated carbocycles. The molecule has 1 N–H and O–H groups in total. The summed E-state index contributed by atoms with van der Waals surface area (Å²) in [6.45, 7) is 3.34. The lowest BCUT2D eigenvalue weighted by molar-refractivity contribution is -0.121. The van der Waals surface area contributed by atoms with Crippen molar-refractivity contribution in [2.45, 2.75) is 50.5 Å². The average molecular weight is 377 g/mol. The molecule has 148 valence electrons. The van der Waals surface area contributed by atoms with Crippen molar-refractivity contribution in [1.82, 2.24) is 10.2 Å². The Hall–Kier alpha value is -2.13. The van der Waals surface area contributed by atoms with Gasteiger partial charge in [0.15, 0.2) is 0 Å². The monoisotopic (exact) mass is 376 g/mol. The van der Waals surface area contributed by atoms with Crippen LogP contribution in [0.1, 0.15) is 55.6 Å². The van der Waals surface area contributed by atoms with E-state index in [1.165, 1.54) is 43.4 Å². The summed E-state index contributed by atoms with van der Waals surface area (Å²) in [5, 5.41) is 3.13. The minimum absolute atomic E-state index is 0.256. The van der Waals surface area contributed by atoms with Gasteiger partial charge in [-0.2, -0.15) is 0 Å². The molecule has 2 fully saturated rings. The van der Waals surface area contributed by atoms with E-state index in [9.17, 15) is 4.79 Å². The number of carbonyl (C=O) groups is 1. The van der Waals surface area contributed by atoms with E-state index in [1.54, 1.807) is 0 Å². The first kappa shape index (κ1) is 19.2. The molecule has 0 bridgehead atoms. The molecule has 1 amide bonds. The summed E-state index contributed by atoms with van der Waals surface area (Å²) in [5.74, 6) is 1.30. The predicted octanol–water partition coefficient (Wildman–Crippen LogP) is 4.59. The normalized spacial score (nSPS) is 20.2. The third-order valence-corrected chi connectivity index (χ3v) is 6.17. The van der Waals surface area contributed by atoms with Gasteiger partial charge in [-0.1, -0.05) is 60.7 Å². The second-order valence-corrected chi connectivity index (χ2v) is 8.52. The maximum atomic E-state index is 12.0. The second kappa shape index (κ2) is 9.38. The highest BCUT2D eigenvalue weighted by atomic mass is 16.1. The van der Waals surface area contributed by atoms with Crippen LogP contribution in [-0.4, -0.2) is 36.5 Å². The molecule has 3 nitrogen and oxygen atoms in total. The molecule has 1 saturated heterocycles. The van der Waals surface area contributed by atoms with Crippen LogP contribution in [0.2, 0.25) is 0 Å². The molecule has 1 atom stereocenters. The van der Waals surface area contributed by atoms with Crippen molar-refractivity contribution in [3.8, 4) is 0 Å². The molecule has 3 heteroatoms. The number of carbonyl (C=O) groups excluding carboxylic acids is 1. The zero-order chi connectivity index (χ0) is 19.2. The van der Waals surface area contributed by atoms with E-state index in [1.807, 2.05) is 0 Å². The van der Waals surface area contributed by atoms with Gasteiger partial charge < -0.3 is 10.2 Å². The number of hydrogen-bond donors (Lipinski definition) is 1. The highest BCUT2D eigenvalue weighted by Crippen LogP contribution is 2.29. The second-order valence-electron chi connectivity index (χ2n) is 8.52. The fraction of sp³-hybridized carbons (Fsp3) is 0.480. The molecule has 0 aromatic heterocycles. The third-order valence-electron chi connectivity index (χ3n) is 6.17. The Morgan fingerprint density at radius 1 is 0.964 bits per heavy atom. The molecule has 1 aliphatic carbocycles. The summed E-state index contributed by atoms with van der Waals surface area (Å²) in [4.78, 5) is 14.7. The SMILES string of the molecule is O=C(CCC1CCCN(CC(c2ccccc2)c2ccccc2)C1)NC1CC1. The Balaban J connectivity index is 1.36. The van der Waals surface area contributed by atoms with Gasteiger partial charge in [-0.15, -0.1) is 0 Å². The minimum Gasteiger partial charge on any atom is -0.353 e. The highest BCUT2D eigenvalue weighted by molar-refractivity contribution is 5.76. The van der Waals surface area contributed by atoms with Crippen LogP contribution >= 0.6 is 0 Å². The van der Waals surface area contributed by atoms with Crippen molar-refractivity contribution in [3.63, 3.8) is 0 Å². The Kier molecular flexibility index (Phi) is 6.43. The number of nitrogens with one attached hydrogen (secondary N) is 1. The molecule has 1 heterocycles. The highest BCUT2D eigenvalue weighted by Gasteiger charge is 2.26. The van der Waals surface area contributed by atoms with Gasteiger partial charge in [0.1, 0.15) is 0 Å². The van der Waals surface area contributed by atoms with Crippen molar-refractivity contribution in [2.24, 2.45) is 5.92 Å². The van der Waals surface area contributed by atoms with Crippen molar-refractivity contribution >= 4 is 5.91 Å². The van der Waals surface area contributed by atoms with Crippen LogP contribution in [0.5, 0.6) is 0 Å². The molecular formula is C25H32N2O. The van der Waals surface area contributed by atoms with Gasteiger partial charge in [0.2, 0.25) is 5.91 Å². The number of hydrogen-bond acceptors (Lipinski definition) is 2. The maximum Gasteiger partial charge on any atom is 0.220 e. The van der Waals surface area contributed by atoms with Crippen LogP contribution < -0.4 is 5.32 Å². The van der Waals surface area contributed by atoms with Crippen LogP contribution in [0.4, 0.5) is 0 Å². The molecule has 28 heavy (non-hydrogen) atoms. The van der Waals surface area contributed by atoms with E-state index in [-0.39, 0.29) is 5.91 Å². The molecule has 2 aliphatic rings. The number of benzene rings is 2. The van der Waals surface area contributed by atoms with Gasteiger partial charge in [0.05, 0.1) is 0 Å². The van der Waals surface area contributed by atoms with Crippen LogP contribution in [0.25, 0.3) is 0 Å². The first-order valence-corrected chi connectivity index (χ1v) is 10.9. The maximum absolute atomic E-state index is 12.0. The number of likely N-dealkylation sites (tertiary alicyclic amines) is 1. The number of piperidine rings is 1. The largest absolute Gasteiger partial charge is 0.353 e. The van der Waals surface area contributed by atoms with Crippen molar-refractivity contribution < 1.29 is 4.79 Å².